The second-order valence-corrected chi connectivity index (χ2v) is 10.1. The van der Waals surface area contributed by atoms with E-state index >= 15 is 0 Å². The van der Waals surface area contributed by atoms with Gasteiger partial charge in [-0.25, -0.2) is 9.78 Å². The van der Waals surface area contributed by atoms with Crippen molar-refractivity contribution >= 4 is 11.2 Å². The molecule has 7 heteroatoms. The van der Waals surface area contributed by atoms with Gasteiger partial charge in [-0.1, -0.05) is 71.1 Å². The quantitative estimate of drug-likeness (QED) is 0.406. The third-order valence-corrected chi connectivity index (χ3v) is 7.45. The van der Waals surface area contributed by atoms with Gasteiger partial charge in [0.05, 0.1) is 6.54 Å². The van der Waals surface area contributed by atoms with E-state index in [1.807, 2.05) is 0 Å². The first-order valence-corrected chi connectivity index (χ1v) is 13.3. The van der Waals surface area contributed by atoms with Crippen LogP contribution in [0, 0.1) is 0 Å². The molecule has 1 aliphatic rings. The number of rotatable bonds is 13. The van der Waals surface area contributed by atoms with Crippen LogP contribution >= 0.6 is 0 Å². The van der Waals surface area contributed by atoms with Gasteiger partial charge in [0.1, 0.15) is 5.82 Å². The van der Waals surface area contributed by atoms with Gasteiger partial charge in [-0.15, -0.1) is 0 Å². The summed E-state index contributed by atoms with van der Waals surface area (Å²) in [5.74, 6) is 0.924. The summed E-state index contributed by atoms with van der Waals surface area (Å²) in [7, 11) is 3.28. The van der Waals surface area contributed by atoms with Crippen LogP contribution in [0.25, 0.3) is 11.2 Å². The summed E-state index contributed by atoms with van der Waals surface area (Å²) >= 11 is 0. The number of nitrogens with zero attached hydrogens (tertiary/aromatic N) is 5. The molecule has 0 saturated carbocycles. The first kappa shape index (κ1) is 25.7. The molecule has 0 aliphatic carbocycles. The Balaban J connectivity index is 1.69. The maximum absolute atomic E-state index is 13.0. The summed E-state index contributed by atoms with van der Waals surface area (Å²) in [5.41, 5.74) is 0.560. The molecule has 0 unspecified atom stereocenters. The Bertz CT molecular complexity index is 1000. The van der Waals surface area contributed by atoms with Gasteiger partial charge < -0.3 is 4.57 Å². The average Bonchev–Trinajstić information content (AvgIpc) is 3.17. The number of hydrogen-bond acceptors (Lipinski definition) is 4. The third kappa shape index (κ3) is 6.37. The predicted molar refractivity (Wildman–Crippen MR) is 136 cm³/mol. The highest BCUT2D eigenvalue weighted by atomic mass is 16.2. The molecule has 2 aromatic rings. The van der Waals surface area contributed by atoms with Crippen LogP contribution < -0.4 is 11.2 Å². The molecule has 0 N–H and O–H groups in total. The van der Waals surface area contributed by atoms with Crippen molar-refractivity contribution in [3.8, 4) is 0 Å². The van der Waals surface area contributed by atoms with E-state index in [1.54, 1.807) is 14.1 Å². The highest BCUT2D eigenvalue weighted by Gasteiger charge is 2.24. The lowest BCUT2D eigenvalue weighted by Crippen LogP contribution is -2.38. The van der Waals surface area contributed by atoms with Gasteiger partial charge in [-0.05, 0) is 32.7 Å². The number of imidazole rings is 1. The van der Waals surface area contributed by atoms with Crippen LogP contribution in [0.3, 0.4) is 0 Å². The van der Waals surface area contributed by atoms with E-state index in [0.717, 1.165) is 31.9 Å². The Morgan fingerprint density at radius 1 is 0.879 bits per heavy atom. The van der Waals surface area contributed by atoms with Crippen molar-refractivity contribution in [2.75, 3.05) is 6.54 Å². The molecule has 33 heavy (non-hydrogen) atoms. The standard InChI is InChI=1S/C26H45N5O2/c1-5-6-7-8-9-10-11-12-13-15-19-31-22(20-30-18-16-14-17-21(30)2)27-24-23(31)25(32)29(4)26(33)28(24)3/h21H,5-20H2,1-4H3/t21-/m0/s1. The molecule has 1 atom stereocenters. The zero-order chi connectivity index (χ0) is 23.8. The molecule has 3 heterocycles. The molecular weight excluding hydrogens is 414 g/mol. The molecule has 3 rings (SSSR count). The Kier molecular flexibility index (Phi) is 9.78. The van der Waals surface area contributed by atoms with E-state index in [2.05, 4.69) is 23.3 Å². The third-order valence-electron chi connectivity index (χ3n) is 7.45. The Morgan fingerprint density at radius 3 is 2.15 bits per heavy atom. The normalized spacial score (nSPS) is 17.3. The Morgan fingerprint density at radius 2 is 1.52 bits per heavy atom. The summed E-state index contributed by atoms with van der Waals surface area (Å²) in [4.78, 5) is 32.8. The first-order chi connectivity index (χ1) is 16.0. The number of hydrogen-bond donors (Lipinski definition) is 0. The molecule has 186 valence electrons. The fourth-order valence-electron chi connectivity index (χ4n) is 5.18. The van der Waals surface area contributed by atoms with Gasteiger partial charge in [0.15, 0.2) is 11.2 Å². The lowest BCUT2D eigenvalue weighted by molar-refractivity contribution is 0.147. The van der Waals surface area contributed by atoms with Crippen molar-refractivity contribution in [3.63, 3.8) is 0 Å². The van der Waals surface area contributed by atoms with E-state index in [4.69, 9.17) is 4.98 Å². The lowest BCUT2D eigenvalue weighted by Gasteiger charge is -2.33. The van der Waals surface area contributed by atoms with Crippen molar-refractivity contribution in [3.05, 3.63) is 26.7 Å². The van der Waals surface area contributed by atoms with Gasteiger partial charge >= 0.3 is 5.69 Å². The van der Waals surface area contributed by atoms with Crippen LogP contribution in [-0.2, 0) is 27.2 Å². The van der Waals surface area contributed by atoms with Crippen molar-refractivity contribution in [2.45, 2.75) is 116 Å². The first-order valence-electron chi connectivity index (χ1n) is 13.3. The van der Waals surface area contributed by atoms with Crippen LogP contribution in [0.15, 0.2) is 9.59 Å². The fourth-order valence-corrected chi connectivity index (χ4v) is 5.18. The van der Waals surface area contributed by atoms with Crippen molar-refractivity contribution in [2.24, 2.45) is 14.1 Å². The van der Waals surface area contributed by atoms with Crippen molar-refractivity contribution in [1.29, 1.82) is 0 Å². The average molecular weight is 460 g/mol. The van der Waals surface area contributed by atoms with Crippen molar-refractivity contribution < 1.29 is 0 Å². The fraction of sp³-hybridized carbons (Fsp3) is 0.808. The van der Waals surface area contributed by atoms with E-state index in [9.17, 15) is 9.59 Å². The molecular formula is C26H45N5O2. The predicted octanol–water partition coefficient (Wildman–Crippen LogP) is 4.73. The zero-order valence-corrected chi connectivity index (χ0v) is 21.4. The SMILES string of the molecule is CCCCCCCCCCCCn1c(CN2CCCC[C@@H]2C)nc2c1c(=O)n(C)c(=O)n2C. The Hall–Kier alpha value is -1.89. The molecule has 2 aromatic heterocycles. The van der Waals surface area contributed by atoms with Gasteiger partial charge in [0.2, 0.25) is 0 Å². The van der Waals surface area contributed by atoms with E-state index in [1.165, 1.54) is 86.2 Å². The van der Waals surface area contributed by atoms with Gasteiger partial charge in [-0.3, -0.25) is 18.8 Å². The minimum Gasteiger partial charge on any atom is -0.321 e. The molecule has 0 radical (unpaired) electrons. The number of likely N-dealkylation sites (tertiary alicyclic amines) is 1. The second-order valence-electron chi connectivity index (χ2n) is 10.1. The molecule has 0 aromatic carbocycles. The van der Waals surface area contributed by atoms with Crippen LogP contribution in [0.1, 0.15) is 103 Å². The summed E-state index contributed by atoms with van der Waals surface area (Å²) in [6.07, 6.45) is 16.5. The summed E-state index contributed by atoms with van der Waals surface area (Å²) in [6.45, 7) is 7.14. The molecule has 0 spiro atoms. The van der Waals surface area contributed by atoms with Crippen LogP contribution in [0.2, 0.25) is 0 Å². The minimum absolute atomic E-state index is 0.231. The van der Waals surface area contributed by atoms with Gasteiger partial charge in [0, 0.05) is 26.7 Å². The van der Waals surface area contributed by atoms with Gasteiger partial charge in [-0.2, -0.15) is 0 Å². The van der Waals surface area contributed by atoms with Crippen LogP contribution in [0.5, 0.6) is 0 Å². The molecule has 7 nitrogen and oxygen atoms in total. The van der Waals surface area contributed by atoms with Crippen LogP contribution in [0.4, 0.5) is 0 Å². The minimum atomic E-state index is -0.311. The monoisotopic (exact) mass is 459 g/mol. The maximum atomic E-state index is 13.0. The maximum Gasteiger partial charge on any atom is 0.332 e. The molecule has 0 bridgehead atoms. The summed E-state index contributed by atoms with van der Waals surface area (Å²) in [5, 5.41) is 0. The number of piperidine rings is 1. The largest absolute Gasteiger partial charge is 0.332 e. The number of fused-ring (bicyclic) bond motifs is 1. The molecule has 1 saturated heterocycles. The Labute approximate surface area is 198 Å². The topological polar surface area (TPSA) is 65.1 Å². The van der Waals surface area contributed by atoms with Crippen LogP contribution in [-0.4, -0.2) is 36.2 Å². The summed E-state index contributed by atoms with van der Waals surface area (Å²) in [6, 6.07) is 0.524. The highest BCUT2D eigenvalue weighted by Crippen LogP contribution is 2.21. The van der Waals surface area contributed by atoms with Gasteiger partial charge in [0.25, 0.3) is 5.56 Å². The van der Waals surface area contributed by atoms with Crippen molar-refractivity contribution in [1.82, 2.24) is 23.6 Å². The molecule has 1 fully saturated rings. The zero-order valence-electron chi connectivity index (χ0n) is 21.4. The number of aryl methyl sites for hydroxylation is 2. The molecule has 1 aliphatic heterocycles. The van der Waals surface area contributed by atoms with E-state index < -0.39 is 0 Å². The number of unbranched alkanes of at least 4 members (excludes halogenated alkanes) is 9. The smallest absolute Gasteiger partial charge is 0.321 e. The number of aromatic nitrogens is 4. The summed E-state index contributed by atoms with van der Waals surface area (Å²) < 4.78 is 4.85. The highest BCUT2D eigenvalue weighted by molar-refractivity contribution is 5.71. The molecule has 0 amide bonds. The second kappa shape index (κ2) is 12.5. The lowest BCUT2D eigenvalue weighted by atomic mass is 10.0. The van der Waals surface area contributed by atoms with E-state index in [-0.39, 0.29) is 11.2 Å². The van der Waals surface area contributed by atoms with E-state index in [0.29, 0.717) is 17.2 Å².